The molecule has 0 aliphatic heterocycles. The molecule has 1 fully saturated rings. The lowest BCUT2D eigenvalue weighted by Crippen LogP contribution is -2.28. The van der Waals surface area contributed by atoms with Crippen LogP contribution < -0.4 is 5.32 Å². The second kappa shape index (κ2) is 5.51. The van der Waals surface area contributed by atoms with Gasteiger partial charge >= 0.3 is 0 Å². The van der Waals surface area contributed by atoms with Crippen LogP contribution in [0.4, 0.5) is 0 Å². The number of nitrogens with zero attached hydrogens (tertiary/aromatic N) is 1. The molecule has 0 saturated heterocycles. The highest BCUT2D eigenvalue weighted by atomic mass is 16.3. The van der Waals surface area contributed by atoms with Gasteiger partial charge in [-0.3, -0.25) is 0 Å². The van der Waals surface area contributed by atoms with Crippen LogP contribution in [0.3, 0.4) is 0 Å². The first-order chi connectivity index (χ1) is 8.69. The predicted octanol–water partition coefficient (Wildman–Crippen LogP) is 2.37. The molecular weight excluding hydrogens is 224 g/mol. The molecule has 18 heavy (non-hydrogen) atoms. The smallest absolute Gasteiger partial charge is 0.0991 e. The van der Waals surface area contributed by atoms with Crippen LogP contribution >= 0.6 is 0 Å². The number of benzene rings is 1. The SMILES string of the molecule is CCC1(CNCC(O)c2ccc(C#N)cc2)CC1. The molecule has 1 aromatic carbocycles. The molecule has 0 amide bonds. The van der Waals surface area contributed by atoms with Gasteiger partial charge in [-0.2, -0.15) is 5.26 Å². The van der Waals surface area contributed by atoms with E-state index in [1.165, 1.54) is 19.3 Å². The molecule has 3 nitrogen and oxygen atoms in total. The second-order valence-corrected chi connectivity index (χ2v) is 5.23. The Bertz CT molecular complexity index is 429. The molecule has 0 bridgehead atoms. The van der Waals surface area contributed by atoms with Crippen molar-refractivity contribution < 1.29 is 5.11 Å². The van der Waals surface area contributed by atoms with Crippen molar-refractivity contribution in [2.45, 2.75) is 32.3 Å². The second-order valence-electron chi connectivity index (χ2n) is 5.23. The number of rotatable bonds is 6. The number of nitrogens with one attached hydrogen (secondary N) is 1. The zero-order chi connectivity index (χ0) is 13.0. The highest BCUT2D eigenvalue weighted by Crippen LogP contribution is 2.47. The molecule has 1 saturated carbocycles. The Balaban J connectivity index is 1.80. The third kappa shape index (κ3) is 3.10. The molecule has 0 spiro atoms. The largest absolute Gasteiger partial charge is 0.387 e. The molecule has 3 heteroatoms. The van der Waals surface area contributed by atoms with Gasteiger partial charge in [0.25, 0.3) is 0 Å². The average Bonchev–Trinajstić information content (AvgIpc) is 3.19. The Morgan fingerprint density at radius 2 is 2.06 bits per heavy atom. The van der Waals surface area contributed by atoms with Gasteiger partial charge in [0, 0.05) is 13.1 Å². The van der Waals surface area contributed by atoms with E-state index in [9.17, 15) is 5.11 Å². The molecule has 1 aliphatic carbocycles. The van der Waals surface area contributed by atoms with E-state index >= 15 is 0 Å². The zero-order valence-corrected chi connectivity index (χ0v) is 10.8. The van der Waals surface area contributed by atoms with Crippen LogP contribution in [0.25, 0.3) is 0 Å². The Morgan fingerprint density at radius 3 is 2.56 bits per heavy atom. The first-order valence-electron chi connectivity index (χ1n) is 6.58. The Morgan fingerprint density at radius 1 is 1.39 bits per heavy atom. The van der Waals surface area contributed by atoms with Crippen molar-refractivity contribution in [1.29, 1.82) is 5.26 Å². The maximum atomic E-state index is 10.0. The highest BCUT2D eigenvalue weighted by molar-refractivity contribution is 5.32. The van der Waals surface area contributed by atoms with Gasteiger partial charge in [0.15, 0.2) is 0 Å². The molecule has 1 aliphatic rings. The summed E-state index contributed by atoms with van der Waals surface area (Å²) < 4.78 is 0. The van der Waals surface area contributed by atoms with Crippen molar-refractivity contribution in [2.75, 3.05) is 13.1 Å². The average molecular weight is 244 g/mol. The van der Waals surface area contributed by atoms with Crippen LogP contribution in [-0.4, -0.2) is 18.2 Å². The lowest BCUT2D eigenvalue weighted by Gasteiger charge is -2.16. The number of nitriles is 1. The first-order valence-corrected chi connectivity index (χ1v) is 6.58. The predicted molar refractivity (Wildman–Crippen MR) is 70.9 cm³/mol. The Labute approximate surface area is 108 Å². The summed E-state index contributed by atoms with van der Waals surface area (Å²) in [6, 6.07) is 9.19. The zero-order valence-electron chi connectivity index (χ0n) is 10.8. The summed E-state index contributed by atoms with van der Waals surface area (Å²) in [4.78, 5) is 0. The van der Waals surface area contributed by atoms with Gasteiger partial charge in [0.2, 0.25) is 0 Å². The molecule has 2 N–H and O–H groups in total. The van der Waals surface area contributed by atoms with E-state index in [-0.39, 0.29) is 0 Å². The van der Waals surface area contributed by atoms with Gasteiger partial charge in [-0.1, -0.05) is 19.1 Å². The van der Waals surface area contributed by atoms with Crippen LogP contribution in [0.15, 0.2) is 24.3 Å². The number of hydrogen-bond acceptors (Lipinski definition) is 3. The summed E-state index contributed by atoms with van der Waals surface area (Å²) in [7, 11) is 0. The lowest BCUT2D eigenvalue weighted by atomic mass is 10.0. The molecule has 1 aromatic rings. The van der Waals surface area contributed by atoms with E-state index in [4.69, 9.17) is 5.26 Å². The van der Waals surface area contributed by atoms with Crippen LogP contribution in [0.2, 0.25) is 0 Å². The van der Waals surface area contributed by atoms with E-state index < -0.39 is 6.10 Å². The van der Waals surface area contributed by atoms with E-state index in [0.29, 0.717) is 17.5 Å². The normalized spacial score (nSPS) is 18.1. The van der Waals surface area contributed by atoms with Crippen molar-refractivity contribution in [3.8, 4) is 6.07 Å². The molecule has 2 rings (SSSR count). The maximum absolute atomic E-state index is 10.0. The van der Waals surface area contributed by atoms with E-state index in [1.54, 1.807) is 12.1 Å². The van der Waals surface area contributed by atoms with Crippen molar-refractivity contribution in [1.82, 2.24) is 5.32 Å². The fourth-order valence-electron chi connectivity index (χ4n) is 2.20. The van der Waals surface area contributed by atoms with Gasteiger partial charge in [-0.25, -0.2) is 0 Å². The molecule has 1 unspecified atom stereocenters. The van der Waals surface area contributed by atoms with Crippen molar-refractivity contribution in [2.24, 2.45) is 5.41 Å². The Kier molecular flexibility index (Phi) is 4.00. The van der Waals surface area contributed by atoms with Gasteiger partial charge in [0.05, 0.1) is 17.7 Å². The van der Waals surface area contributed by atoms with Crippen LogP contribution in [0.5, 0.6) is 0 Å². The number of aliphatic hydroxyl groups is 1. The van der Waals surface area contributed by atoms with E-state index in [0.717, 1.165) is 12.1 Å². The molecule has 96 valence electrons. The van der Waals surface area contributed by atoms with Crippen molar-refractivity contribution >= 4 is 0 Å². The number of aliphatic hydroxyl groups excluding tert-OH is 1. The number of hydrogen-bond donors (Lipinski definition) is 2. The van der Waals surface area contributed by atoms with Crippen molar-refractivity contribution in [3.63, 3.8) is 0 Å². The standard InChI is InChI=1S/C15H20N2O/c1-2-15(7-8-15)11-17-10-14(18)13-5-3-12(9-16)4-6-13/h3-6,14,17-18H,2,7-8,10-11H2,1H3. The minimum Gasteiger partial charge on any atom is -0.387 e. The van der Waals surface area contributed by atoms with Gasteiger partial charge in [-0.15, -0.1) is 0 Å². The van der Waals surface area contributed by atoms with Gasteiger partial charge < -0.3 is 10.4 Å². The minimum atomic E-state index is -0.495. The maximum Gasteiger partial charge on any atom is 0.0991 e. The highest BCUT2D eigenvalue weighted by Gasteiger charge is 2.39. The third-order valence-corrected chi connectivity index (χ3v) is 3.97. The molecular formula is C15H20N2O. The molecule has 1 atom stereocenters. The fourth-order valence-corrected chi connectivity index (χ4v) is 2.20. The van der Waals surface area contributed by atoms with E-state index in [2.05, 4.69) is 18.3 Å². The third-order valence-electron chi connectivity index (χ3n) is 3.97. The summed E-state index contributed by atoms with van der Waals surface area (Å²) in [5.41, 5.74) is 1.99. The van der Waals surface area contributed by atoms with Crippen molar-refractivity contribution in [3.05, 3.63) is 35.4 Å². The quantitative estimate of drug-likeness (QED) is 0.807. The summed E-state index contributed by atoms with van der Waals surface area (Å²) in [5, 5.41) is 22.1. The topological polar surface area (TPSA) is 56.0 Å². The summed E-state index contributed by atoms with van der Waals surface area (Å²) in [5.74, 6) is 0. The van der Waals surface area contributed by atoms with Crippen LogP contribution in [0.1, 0.15) is 43.4 Å². The van der Waals surface area contributed by atoms with Gasteiger partial charge in [0.1, 0.15) is 0 Å². The molecule has 0 aromatic heterocycles. The summed E-state index contributed by atoms with van der Waals surface area (Å²) in [6.07, 6.45) is 3.34. The molecule has 0 heterocycles. The summed E-state index contributed by atoms with van der Waals surface area (Å²) >= 11 is 0. The Hall–Kier alpha value is -1.37. The van der Waals surface area contributed by atoms with Gasteiger partial charge in [-0.05, 0) is 42.4 Å². The lowest BCUT2D eigenvalue weighted by molar-refractivity contribution is 0.171. The summed E-state index contributed by atoms with van der Waals surface area (Å²) in [6.45, 7) is 3.80. The van der Waals surface area contributed by atoms with Crippen LogP contribution in [0, 0.1) is 16.7 Å². The minimum absolute atomic E-state index is 0.495. The van der Waals surface area contributed by atoms with Crippen LogP contribution in [-0.2, 0) is 0 Å². The monoisotopic (exact) mass is 244 g/mol. The van der Waals surface area contributed by atoms with E-state index in [1.807, 2.05) is 12.1 Å². The fraction of sp³-hybridized carbons (Fsp3) is 0.533. The molecule has 0 radical (unpaired) electrons. The first kappa shape index (κ1) is 13.1.